The van der Waals surface area contributed by atoms with E-state index in [2.05, 4.69) is 60.0 Å². The SMILES string of the molecule is C=C[C@@H]1CC[C@H]2[C@@H]3CCc4ccc(OC)cc4[C@@H]3N(Cc3ccccc3)C[C@]12O. The fraction of sp³-hybridized carbons (Fsp3) is 0.462. The monoisotopic (exact) mass is 389 g/mol. The highest BCUT2D eigenvalue weighted by Gasteiger charge is 2.58. The van der Waals surface area contributed by atoms with Crippen LogP contribution in [0.25, 0.3) is 0 Å². The van der Waals surface area contributed by atoms with Crippen molar-refractivity contribution in [1.29, 1.82) is 0 Å². The van der Waals surface area contributed by atoms with Crippen molar-refractivity contribution in [2.24, 2.45) is 17.8 Å². The van der Waals surface area contributed by atoms with E-state index in [9.17, 15) is 5.11 Å². The molecule has 2 fully saturated rings. The van der Waals surface area contributed by atoms with Gasteiger partial charge in [0.1, 0.15) is 5.75 Å². The van der Waals surface area contributed by atoms with Crippen LogP contribution in [-0.2, 0) is 13.0 Å². The molecule has 2 aliphatic carbocycles. The van der Waals surface area contributed by atoms with Gasteiger partial charge in [0.25, 0.3) is 0 Å². The quantitative estimate of drug-likeness (QED) is 0.766. The standard InChI is InChI=1S/C26H31NO2/c1-3-20-11-14-24-22-13-10-19-9-12-21(29-2)15-23(19)25(22)27(17-26(20,24)28)16-18-7-5-4-6-8-18/h3-9,12,15,20,22,24-25,28H,1,10-11,13-14,16-17H2,2H3/t20-,22+,24+,25-,26+/m1/s1. The average Bonchev–Trinajstić information content (AvgIpc) is 3.09. The van der Waals surface area contributed by atoms with E-state index in [1.165, 1.54) is 16.7 Å². The van der Waals surface area contributed by atoms with Crippen LogP contribution in [0.4, 0.5) is 0 Å². The van der Waals surface area contributed by atoms with Gasteiger partial charge in [0.15, 0.2) is 0 Å². The number of nitrogens with zero attached hydrogens (tertiary/aromatic N) is 1. The molecule has 5 atom stereocenters. The first kappa shape index (κ1) is 18.9. The molecule has 2 aromatic rings. The van der Waals surface area contributed by atoms with Crippen LogP contribution >= 0.6 is 0 Å². The zero-order chi connectivity index (χ0) is 20.0. The van der Waals surface area contributed by atoms with Crippen LogP contribution in [0, 0.1) is 17.8 Å². The Bertz CT molecular complexity index is 895. The van der Waals surface area contributed by atoms with E-state index < -0.39 is 5.60 Å². The van der Waals surface area contributed by atoms with Crippen LogP contribution < -0.4 is 4.74 Å². The predicted octanol–water partition coefficient (Wildman–Crippen LogP) is 4.76. The lowest BCUT2D eigenvalue weighted by atomic mass is 9.64. The molecule has 0 aromatic heterocycles. The molecule has 0 unspecified atom stereocenters. The van der Waals surface area contributed by atoms with Crippen molar-refractivity contribution < 1.29 is 9.84 Å². The number of aryl methyl sites for hydroxylation is 1. The minimum absolute atomic E-state index is 0.193. The van der Waals surface area contributed by atoms with Crippen molar-refractivity contribution >= 4 is 0 Å². The Morgan fingerprint density at radius 3 is 2.76 bits per heavy atom. The minimum atomic E-state index is -0.659. The van der Waals surface area contributed by atoms with E-state index in [1.807, 2.05) is 6.08 Å². The zero-order valence-corrected chi connectivity index (χ0v) is 17.3. The van der Waals surface area contributed by atoms with Gasteiger partial charge >= 0.3 is 0 Å². The van der Waals surface area contributed by atoms with Gasteiger partial charge in [-0.15, -0.1) is 6.58 Å². The molecule has 1 N–H and O–H groups in total. The lowest BCUT2D eigenvalue weighted by Crippen LogP contribution is -2.59. The topological polar surface area (TPSA) is 32.7 Å². The molecule has 29 heavy (non-hydrogen) atoms. The summed E-state index contributed by atoms with van der Waals surface area (Å²) in [7, 11) is 1.75. The van der Waals surface area contributed by atoms with Gasteiger partial charge in [-0.3, -0.25) is 4.90 Å². The van der Waals surface area contributed by atoms with Gasteiger partial charge in [-0.05, 0) is 66.3 Å². The van der Waals surface area contributed by atoms with Crippen LogP contribution in [0.5, 0.6) is 5.75 Å². The molecule has 0 amide bonds. The molecule has 0 radical (unpaired) electrons. The summed E-state index contributed by atoms with van der Waals surface area (Å²) in [5, 5.41) is 11.9. The van der Waals surface area contributed by atoms with Gasteiger partial charge < -0.3 is 9.84 Å². The van der Waals surface area contributed by atoms with Crippen molar-refractivity contribution in [3.8, 4) is 5.75 Å². The molecule has 3 nitrogen and oxygen atoms in total. The molecule has 0 bridgehead atoms. The second-order valence-electron chi connectivity index (χ2n) is 9.12. The van der Waals surface area contributed by atoms with Crippen molar-refractivity contribution in [3.05, 3.63) is 77.9 Å². The van der Waals surface area contributed by atoms with E-state index in [1.54, 1.807) is 7.11 Å². The van der Waals surface area contributed by atoms with Crippen LogP contribution in [-0.4, -0.2) is 29.3 Å². The number of benzene rings is 2. The molecular weight excluding hydrogens is 358 g/mol. The van der Waals surface area contributed by atoms with Gasteiger partial charge in [-0.25, -0.2) is 0 Å². The van der Waals surface area contributed by atoms with Gasteiger partial charge in [0, 0.05) is 25.0 Å². The highest BCUT2D eigenvalue weighted by Crippen LogP contribution is 2.57. The maximum atomic E-state index is 11.9. The number of likely N-dealkylation sites (tertiary alicyclic amines) is 1. The second-order valence-corrected chi connectivity index (χ2v) is 9.12. The molecule has 1 saturated carbocycles. The van der Waals surface area contributed by atoms with Gasteiger partial charge in [0.05, 0.1) is 12.7 Å². The lowest BCUT2D eigenvalue weighted by Gasteiger charge is -2.55. The summed E-state index contributed by atoms with van der Waals surface area (Å²) < 4.78 is 5.57. The summed E-state index contributed by atoms with van der Waals surface area (Å²) in [5.41, 5.74) is 3.49. The summed E-state index contributed by atoms with van der Waals surface area (Å²) in [5.74, 6) is 1.95. The zero-order valence-electron chi connectivity index (χ0n) is 17.3. The van der Waals surface area contributed by atoms with Gasteiger partial charge in [0.2, 0.25) is 0 Å². The Hall–Kier alpha value is -2.10. The lowest BCUT2D eigenvalue weighted by molar-refractivity contribution is -0.133. The van der Waals surface area contributed by atoms with E-state index in [4.69, 9.17) is 4.74 Å². The molecule has 0 spiro atoms. The Kier molecular flexibility index (Phi) is 4.76. The first-order valence-electron chi connectivity index (χ1n) is 10.9. The van der Waals surface area contributed by atoms with E-state index in [0.717, 1.165) is 38.0 Å². The number of methoxy groups -OCH3 is 1. The highest BCUT2D eigenvalue weighted by atomic mass is 16.5. The van der Waals surface area contributed by atoms with Crippen molar-refractivity contribution in [2.45, 2.75) is 43.9 Å². The third kappa shape index (κ3) is 3.03. The molecule has 2 aromatic carbocycles. The molecule has 1 heterocycles. The molecule has 3 heteroatoms. The van der Waals surface area contributed by atoms with Crippen molar-refractivity contribution in [3.63, 3.8) is 0 Å². The van der Waals surface area contributed by atoms with Crippen LogP contribution in [0.15, 0.2) is 61.2 Å². The Labute approximate surface area is 174 Å². The smallest absolute Gasteiger partial charge is 0.119 e. The predicted molar refractivity (Wildman–Crippen MR) is 116 cm³/mol. The fourth-order valence-electron chi connectivity index (χ4n) is 6.47. The number of hydrogen-bond donors (Lipinski definition) is 1. The molecule has 1 aliphatic heterocycles. The third-order valence-corrected chi connectivity index (χ3v) is 7.78. The van der Waals surface area contributed by atoms with Gasteiger partial charge in [-0.2, -0.15) is 0 Å². The fourth-order valence-corrected chi connectivity index (χ4v) is 6.47. The summed E-state index contributed by atoms with van der Waals surface area (Å²) in [6.45, 7) is 5.62. The van der Waals surface area contributed by atoms with E-state index in [0.29, 0.717) is 24.4 Å². The number of fused-ring (bicyclic) bond motifs is 5. The molecule has 1 saturated heterocycles. The Morgan fingerprint density at radius 2 is 2.00 bits per heavy atom. The number of hydrogen-bond acceptors (Lipinski definition) is 3. The first-order chi connectivity index (χ1) is 14.1. The minimum Gasteiger partial charge on any atom is -0.497 e. The maximum Gasteiger partial charge on any atom is 0.119 e. The van der Waals surface area contributed by atoms with Crippen molar-refractivity contribution in [1.82, 2.24) is 4.90 Å². The summed E-state index contributed by atoms with van der Waals surface area (Å²) in [6, 6.07) is 17.6. The number of piperidine rings is 1. The second kappa shape index (κ2) is 7.30. The van der Waals surface area contributed by atoms with E-state index >= 15 is 0 Å². The number of ether oxygens (including phenoxy) is 1. The summed E-state index contributed by atoms with van der Waals surface area (Å²) >= 11 is 0. The number of aliphatic hydroxyl groups is 1. The first-order valence-corrected chi connectivity index (χ1v) is 10.9. The Balaban J connectivity index is 1.59. The summed E-state index contributed by atoms with van der Waals surface area (Å²) in [4.78, 5) is 2.54. The normalized spacial score (nSPS) is 33.4. The summed E-state index contributed by atoms with van der Waals surface area (Å²) in [6.07, 6.45) is 6.39. The number of β-amino-alcohol motifs (C(OH)–C–C–N with tert-alkyl or cyclic N) is 1. The largest absolute Gasteiger partial charge is 0.497 e. The average molecular weight is 390 g/mol. The molecule has 5 rings (SSSR count). The van der Waals surface area contributed by atoms with Crippen LogP contribution in [0.1, 0.15) is 42.0 Å². The van der Waals surface area contributed by atoms with Gasteiger partial charge in [-0.1, -0.05) is 42.5 Å². The maximum absolute atomic E-state index is 11.9. The molecule has 152 valence electrons. The Morgan fingerprint density at radius 1 is 1.17 bits per heavy atom. The highest BCUT2D eigenvalue weighted by molar-refractivity contribution is 5.41. The van der Waals surface area contributed by atoms with Crippen molar-refractivity contribution in [2.75, 3.05) is 13.7 Å². The van der Waals surface area contributed by atoms with E-state index in [-0.39, 0.29) is 5.92 Å². The molecule has 3 aliphatic rings. The third-order valence-electron chi connectivity index (χ3n) is 7.78. The molecular formula is C26H31NO2. The van der Waals surface area contributed by atoms with Crippen LogP contribution in [0.2, 0.25) is 0 Å². The van der Waals surface area contributed by atoms with Crippen LogP contribution in [0.3, 0.4) is 0 Å². The number of rotatable bonds is 4.